The number of nitrogens with zero attached hydrogens (tertiary/aromatic N) is 1. The fraction of sp³-hybridized carbons (Fsp3) is 0.0889. The highest BCUT2D eigenvalue weighted by molar-refractivity contribution is 6.24. The zero-order valence-corrected chi connectivity index (χ0v) is 27.2. The summed E-state index contributed by atoms with van der Waals surface area (Å²) in [7, 11) is 0. The lowest BCUT2D eigenvalue weighted by Gasteiger charge is -2.20. The van der Waals surface area contributed by atoms with Gasteiger partial charge >= 0.3 is 0 Å². The van der Waals surface area contributed by atoms with Gasteiger partial charge in [0.25, 0.3) is 0 Å². The first-order valence-electron chi connectivity index (χ1n) is 16.3. The zero-order valence-electron chi connectivity index (χ0n) is 27.2. The van der Waals surface area contributed by atoms with Crippen molar-refractivity contribution in [1.29, 1.82) is 0 Å². The Morgan fingerprint density at radius 2 is 1.26 bits per heavy atom. The van der Waals surface area contributed by atoms with Gasteiger partial charge in [-0.15, -0.1) is 0 Å². The minimum atomic E-state index is 0.671. The van der Waals surface area contributed by atoms with Crippen molar-refractivity contribution in [2.24, 2.45) is 0 Å². The Labute approximate surface area is 277 Å². The van der Waals surface area contributed by atoms with Gasteiger partial charge in [-0.1, -0.05) is 122 Å². The number of fused-ring (bicyclic) bond motifs is 3. The smallest absolute Gasteiger partial charge is 0.0395 e. The number of aryl methyl sites for hydroxylation is 1. The molecule has 0 spiro atoms. The van der Waals surface area contributed by atoms with Gasteiger partial charge in [0.2, 0.25) is 0 Å². The number of aromatic nitrogens is 1. The first kappa shape index (κ1) is 30.0. The molecular weight excluding hydrogens is 569 g/mol. The highest BCUT2D eigenvalue weighted by Gasteiger charge is 2.19. The number of allylic oxidation sites excluding steroid dienone is 2. The maximum absolute atomic E-state index is 4.63. The number of pyridine rings is 1. The van der Waals surface area contributed by atoms with Crippen LogP contribution in [0.4, 0.5) is 0 Å². The third kappa shape index (κ3) is 5.53. The van der Waals surface area contributed by atoms with Gasteiger partial charge in [-0.3, -0.25) is 4.98 Å². The summed E-state index contributed by atoms with van der Waals surface area (Å²) < 4.78 is 0. The second-order valence-corrected chi connectivity index (χ2v) is 12.1. The number of benzene rings is 6. The van der Waals surface area contributed by atoms with Crippen LogP contribution in [0.2, 0.25) is 0 Å². The van der Waals surface area contributed by atoms with E-state index in [4.69, 9.17) is 0 Å². The average molecular weight is 607 g/mol. The summed E-state index contributed by atoms with van der Waals surface area (Å²) in [5.41, 5.74) is 11.8. The third-order valence-electron chi connectivity index (χ3n) is 9.09. The maximum atomic E-state index is 4.63. The van der Waals surface area contributed by atoms with Gasteiger partial charge in [0, 0.05) is 24.5 Å². The minimum Gasteiger partial charge on any atom is -0.387 e. The molecule has 0 unspecified atom stereocenters. The molecule has 2 heteroatoms. The quantitative estimate of drug-likeness (QED) is 0.174. The maximum Gasteiger partial charge on any atom is 0.0395 e. The molecule has 0 aliphatic carbocycles. The molecule has 1 aromatic heterocycles. The molecule has 0 amide bonds. The number of nitrogens with one attached hydrogen (secondary N) is 1. The molecule has 0 saturated heterocycles. The first-order chi connectivity index (χ1) is 23.1. The number of hydrogen-bond acceptors (Lipinski definition) is 2. The standard InChI is InChI=1S/C45H38N2/c1-5-13-32-25-33(23-22-30(32)3)44-40-14-7-9-16-42(40)45(43-17-10-8-15-41(43)44)39-21-12-19-37-36(18-11-20-38(37)39)35-26-34(28-47-29-35)31(4)27-46-24-6-2/h5-26,28-29,46H,4,27H2,1-3H3/b13-5-,24-6-. The lowest BCUT2D eigenvalue weighted by Crippen LogP contribution is -2.08. The summed E-state index contributed by atoms with van der Waals surface area (Å²) in [6.07, 6.45) is 12.1. The van der Waals surface area contributed by atoms with Gasteiger partial charge < -0.3 is 5.32 Å². The van der Waals surface area contributed by atoms with Gasteiger partial charge in [-0.05, 0) is 122 Å². The van der Waals surface area contributed by atoms with Gasteiger partial charge in [0.1, 0.15) is 0 Å². The van der Waals surface area contributed by atoms with Gasteiger partial charge in [-0.2, -0.15) is 0 Å². The molecule has 7 rings (SSSR count). The Kier molecular flexibility index (Phi) is 8.25. The molecule has 0 aliphatic rings. The lowest BCUT2D eigenvalue weighted by molar-refractivity contribution is 0.996. The molecule has 7 aromatic rings. The second-order valence-electron chi connectivity index (χ2n) is 12.1. The van der Waals surface area contributed by atoms with E-state index in [1.807, 2.05) is 31.6 Å². The molecule has 6 aromatic carbocycles. The monoisotopic (exact) mass is 606 g/mol. The SMILES string of the molecule is C=C(CN/C=C\C)c1cncc(-c2cccc3c(-c4c5ccccc5c(-c5ccc(C)c(/C=C\C)c5)c5ccccc45)cccc23)c1. The van der Waals surface area contributed by atoms with E-state index in [0.717, 1.165) is 22.3 Å². The number of hydrogen-bond donors (Lipinski definition) is 1. The average Bonchev–Trinajstić information content (AvgIpc) is 3.11. The van der Waals surface area contributed by atoms with Crippen LogP contribution in [0, 0.1) is 6.92 Å². The third-order valence-corrected chi connectivity index (χ3v) is 9.09. The molecule has 2 nitrogen and oxygen atoms in total. The van der Waals surface area contributed by atoms with Crippen LogP contribution in [-0.2, 0) is 0 Å². The largest absolute Gasteiger partial charge is 0.387 e. The highest BCUT2D eigenvalue weighted by atomic mass is 14.8. The molecule has 47 heavy (non-hydrogen) atoms. The lowest BCUT2D eigenvalue weighted by atomic mass is 9.83. The molecule has 0 atom stereocenters. The predicted molar refractivity (Wildman–Crippen MR) is 204 cm³/mol. The summed E-state index contributed by atoms with van der Waals surface area (Å²) in [5.74, 6) is 0. The van der Waals surface area contributed by atoms with Crippen molar-refractivity contribution in [1.82, 2.24) is 10.3 Å². The fourth-order valence-electron chi connectivity index (χ4n) is 6.85. The molecule has 0 bridgehead atoms. The van der Waals surface area contributed by atoms with E-state index in [0.29, 0.717) is 6.54 Å². The van der Waals surface area contributed by atoms with Crippen LogP contribution in [0.5, 0.6) is 0 Å². The Hall–Kier alpha value is -5.73. The van der Waals surface area contributed by atoms with E-state index >= 15 is 0 Å². The molecule has 1 N–H and O–H groups in total. The Bertz CT molecular complexity index is 2300. The van der Waals surface area contributed by atoms with Crippen LogP contribution in [-0.4, -0.2) is 11.5 Å². The molecule has 0 aliphatic heterocycles. The van der Waals surface area contributed by atoms with Crippen LogP contribution < -0.4 is 5.32 Å². The minimum absolute atomic E-state index is 0.671. The van der Waals surface area contributed by atoms with Crippen molar-refractivity contribution in [3.63, 3.8) is 0 Å². The Morgan fingerprint density at radius 1 is 0.638 bits per heavy atom. The zero-order chi connectivity index (χ0) is 32.3. The molecule has 1 heterocycles. The van der Waals surface area contributed by atoms with E-state index in [1.54, 1.807) is 0 Å². The van der Waals surface area contributed by atoms with E-state index in [2.05, 4.69) is 152 Å². The summed E-state index contributed by atoms with van der Waals surface area (Å²) in [6, 6.07) is 40.2. The predicted octanol–water partition coefficient (Wildman–Crippen LogP) is 12.0. The van der Waals surface area contributed by atoms with E-state index in [-0.39, 0.29) is 0 Å². The normalized spacial score (nSPS) is 11.7. The fourth-order valence-corrected chi connectivity index (χ4v) is 6.85. The van der Waals surface area contributed by atoms with E-state index in [9.17, 15) is 0 Å². The molecular formula is C45H38N2. The van der Waals surface area contributed by atoms with Crippen molar-refractivity contribution >= 4 is 44.0 Å². The molecule has 228 valence electrons. The Morgan fingerprint density at radius 3 is 1.91 bits per heavy atom. The van der Waals surface area contributed by atoms with Crippen molar-refractivity contribution in [2.45, 2.75) is 20.8 Å². The summed E-state index contributed by atoms with van der Waals surface area (Å²) in [5, 5.41) is 10.7. The van der Waals surface area contributed by atoms with E-state index in [1.165, 1.54) is 65.7 Å². The van der Waals surface area contributed by atoms with Gasteiger partial charge in [-0.25, -0.2) is 0 Å². The summed E-state index contributed by atoms with van der Waals surface area (Å²) in [6.45, 7) is 11.2. The number of rotatable bonds is 8. The van der Waals surface area contributed by atoms with Crippen molar-refractivity contribution in [3.05, 3.63) is 163 Å². The van der Waals surface area contributed by atoms with Crippen LogP contribution >= 0.6 is 0 Å². The van der Waals surface area contributed by atoms with Crippen molar-refractivity contribution < 1.29 is 0 Å². The second kappa shape index (κ2) is 12.9. The van der Waals surface area contributed by atoms with Crippen molar-refractivity contribution in [2.75, 3.05) is 6.54 Å². The summed E-state index contributed by atoms with van der Waals surface area (Å²) in [4.78, 5) is 4.63. The van der Waals surface area contributed by atoms with Crippen LogP contribution in [0.3, 0.4) is 0 Å². The highest BCUT2D eigenvalue weighted by Crippen LogP contribution is 2.46. The molecule has 0 radical (unpaired) electrons. The van der Waals surface area contributed by atoms with Crippen LogP contribution in [0.15, 0.2) is 147 Å². The van der Waals surface area contributed by atoms with Crippen LogP contribution in [0.25, 0.3) is 77.3 Å². The summed E-state index contributed by atoms with van der Waals surface area (Å²) >= 11 is 0. The topological polar surface area (TPSA) is 24.9 Å². The first-order valence-corrected chi connectivity index (χ1v) is 16.3. The van der Waals surface area contributed by atoms with Gasteiger partial charge in [0.15, 0.2) is 0 Å². The van der Waals surface area contributed by atoms with Crippen molar-refractivity contribution in [3.8, 4) is 33.4 Å². The Balaban J connectivity index is 1.46. The van der Waals surface area contributed by atoms with Gasteiger partial charge in [0.05, 0.1) is 0 Å². The molecule has 0 saturated carbocycles. The van der Waals surface area contributed by atoms with E-state index < -0.39 is 0 Å². The van der Waals surface area contributed by atoms with Crippen LogP contribution in [0.1, 0.15) is 30.5 Å². The molecule has 0 fully saturated rings.